The maximum atomic E-state index is 10.4. The zero-order valence-electron chi connectivity index (χ0n) is 14.8. The molecule has 0 amide bonds. The Labute approximate surface area is 138 Å². The normalized spacial score (nSPS) is 12.5. The highest BCUT2D eigenvalue weighted by atomic mass is 16.4. The smallest absolute Gasteiger partial charge is 0.303 e. The first-order chi connectivity index (χ1) is 10.7. The number of rotatable bonds is 17. The molecule has 1 unspecified atom stereocenters. The van der Waals surface area contributed by atoms with Crippen LogP contribution in [0.15, 0.2) is 0 Å². The second kappa shape index (κ2) is 16.8. The highest BCUT2D eigenvalue weighted by molar-refractivity contribution is 5.66. The Morgan fingerprint density at radius 2 is 1.27 bits per heavy atom. The summed E-state index contributed by atoms with van der Waals surface area (Å²) in [6, 6.07) is 0. The number of carboxylic acid groups (broad SMARTS) is 1. The number of hydrogen-bond acceptors (Lipinski definition) is 2. The van der Waals surface area contributed by atoms with Gasteiger partial charge in [0.05, 0.1) is 0 Å². The van der Waals surface area contributed by atoms with Crippen LogP contribution in [0, 0.1) is 5.92 Å². The first kappa shape index (κ1) is 21.4. The van der Waals surface area contributed by atoms with Gasteiger partial charge in [0.2, 0.25) is 0 Å². The standard InChI is InChI=1S/C19H39NO2/c1-2-3-4-5-8-11-14-18(17-20)15-12-9-6-7-10-13-16-19(21)22/h18H,2-17,20H2,1H3,(H,21,22). The fourth-order valence-electron chi connectivity index (χ4n) is 3.01. The molecule has 0 fully saturated rings. The summed E-state index contributed by atoms with van der Waals surface area (Å²) in [7, 11) is 0. The van der Waals surface area contributed by atoms with E-state index < -0.39 is 5.97 Å². The lowest BCUT2D eigenvalue weighted by Gasteiger charge is -2.14. The van der Waals surface area contributed by atoms with E-state index in [0.717, 1.165) is 25.3 Å². The number of hydrogen-bond donors (Lipinski definition) is 2. The van der Waals surface area contributed by atoms with Crippen molar-refractivity contribution in [2.75, 3.05) is 6.54 Å². The zero-order valence-corrected chi connectivity index (χ0v) is 14.8. The Morgan fingerprint density at radius 3 is 1.73 bits per heavy atom. The van der Waals surface area contributed by atoms with Crippen molar-refractivity contribution >= 4 is 5.97 Å². The number of carboxylic acids is 1. The molecule has 3 nitrogen and oxygen atoms in total. The molecule has 0 aromatic heterocycles. The van der Waals surface area contributed by atoms with Gasteiger partial charge in [0.15, 0.2) is 0 Å². The van der Waals surface area contributed by atoms with Crippen molar-refractivity contribution in [2.45, 2.75) is 103 Å². The largest absolute Gasteiger partial charge is 0.481 e. The van der Waals surface area contributed by atoms with E-state index in [4.69, 9.17) is 10.8 Å². The number of carbonyl (C=O) groups is 1. The molecule has 0 aliphatic heterocycles. The molecular weight excluding hydrogens is 274 g/mol. The van der Waals surface area contributed by atoms with Gasteiger partial charge in [-0.2, -0.15) is 0 Å². The molecule has 0 aromatic carbocycles. The van der Waals surface area contributed by atoms with Gasteiger partial charge in [-0.25, -0.2) is 0 Å². The summed E-state index contributed by atoms with van der Waals surface area (Å²) in [5.74, 6) is 0.0543. The highest BCUT2D eigenvalue weighted by Crippen LogP contribution is 2.18. The van der Waals surface area contributed by atoms with Gasteiger partial charge in [-0.1, -0.05) is 77.6 Å². The monoisotopic (exact) mass is 313 g/mol. The lowest BCUT2D eigenvalue weighted by molar-refractivity contribution is -0.137. The van der Waals surface area contributed by atoms with Crippen molar-refractivity contribution < 1.29 is 9.90 Å². The molecule has 3 heteroatoms. The van der Waals surface area contributed by atoms with Crippen molar-refractivity contribution in [3.8, 4) is 0 Å². The van der Waals surface area contributed by atoms with Crippen molar-refractivity contribution in [1.82, 2.24) is 0 Å². The summed E-state index contributed by atoms with van der Waals surface area (Å²) in [4.78, 5) is 10.4. The van der Waals surface area contributed by atoms with Crippen LogP contribution >= 0.6 is 0 Å². The van der Waals surface area contributed by atoms with Gasteiger partial charge in [0.1, 0.15) is 0 Å². The van der Waals surface area contributed by atoms with E-state index in [9.17, 15) is 4.79 Å². The molecular formula is C19H39NO2. The Balaban J connectivity index is 3.33. The molecule has 0 spiro atoms. The fraction of sp³-hybridized carbons (Fsp3) is 0.947. The average molecular weight is 314 g/mol. The van der Waals surface area contributed by atoms with Crippen LogP contribution < -0.4 is 5.73 Å². The minimum atomic E-state index is -0.666. The van der Waals surface area contributed by atoms with Crippen LogP contribution in [0.3, 0.4) is 0 Å². The van der Waals surface area contributed by atoms with E-state index in [1.165, 1.54) is 77.0 Å². The third-order valence-electron chi connectivity index (χ3n) is 4.55. The summed E-state index contributed by atoms with van der Waals surface area (Å²) >= 11 is 0. The molecule has 0 aromatic rings. The van der Waals surface area contributed by atoms with E-state index in [1.54, 1.807) is 0 Å². The second-order valence-electron chi connectivity index (χ2n) is 6.71. The average Bonchev–Trinajstić information content (AvgIpc) is 2.50. The topological polar surface area (TPSA) is 63.3 Å². The first-order valence-corrected chi connectivity index (χ1v) is 9.62. The summed E-state index contributed by atoms with van der Waals surface area (Å²) in [6.45, 7) is 3.10. The minimum absolute atomic E-state index is 0.327. The number of nitrogens with two attached hydrogens (primary N) is 1. The van der Waals surface area contributed by atoms with Crippen molar-refractivity contribution in [3.63, 3.8) is 0 Å². The van der Waals surface area contributed by atoms with Crippen molar-refractivity contribution in [2.24, 2.45) is 11.7 Å². The molecule has 132 valence electrons. The van der Waals surface area contributed by atoms with Gasteiger partial charge in [0.25, 0.3) is 0 Å². The van der Waals surface area contributed by atoms with E-state index in [2.05, 4.69) is 6.92 Å². The number of unbranched alkanes of at least 4 members (excludes halogenated alkanes) is 10. The van der Waals surface area contributed by atoms with Gasteiger partial charge >= 0.3 is 5.97 Å². The second-order valence-corrected chi connectivity index (χ2v) is 6.71. The van der Waals surface area contributed by atoms with Gasteiger partial charge in [0, 0.05) is 6.42 Å². The molecule has 0 bridgehead atoms. The number of aliphatic carboxylic acids is 1. The maximum absolute atomic E-state index is 10.4. The molecule has 0 aliphatic rings. The molecule has 1 atom stereocenters. The SMILES string of the molecule is CCCCCCCCC(CN)CCCCCCCCC(=O)O. The molecule has 0 saturated heterocycles. The van der Waals surface area contributed by atoms with Crippen LogP contribution in [0.2, 0.25) is 0 Å². The van der Waals surface area contributed by atoms with Crippen LogP contribution in [0.25, 0.3) is 0 Å². The van der Waals surface area contributed by atoms with Crippen LogP contribution in [0.1, 0.15) is 103 Å². The van der Waals surface area contributed by atoms with E-state index in [-0.39, 0.29) is 0 Å². The van der Waals surface area contributed by atoms with Crippen LogP contribution in [-0.4, -0.2) is 17.6 Å². The third-order valence-corrected chi connectivity index (χ3v) is 4.55. The Morgan fingerprint density at radius 1 is 0.818 bits per heavy atom. The zero-order chi connectivity index (χ0) is 16.5. The summed E-state index contributed by atoms with van der Waals surface area (Å²) in [6.07, 6.45) is 18.0. The molecule has 0 aliphatic carbocycles. The Bertz CT molecular complexity index is 244. The van der Waals surface area contributed by atoms with Crippen LogP contribution in [0.4, 0.5) is 0 Å². The van der Waals surface area contributed by atoms with Gasteiger partial charge in [-0.3, -0.25) is 4.79 Å². The summed E-state index contributed by atoms with van der Waals surface area (Å²) in [5.41, 5.74) is 5.89. The van der Waals surface area contributed by atoms with E-state index in [0.29, 0.717) is 6.42 Å². The van der Waals surface area contributed by atoms with Crippen molar-refractivity contribution in [3.05, 3.63) is 0 Å². The Hall–Kier alpha value is -0.570. The first-order valence-electron chi connectivity index (χ1n) is 9.62. The molecule has 0 rings (SSSR count). The van der Waals surface area contributed by atoms with Crippen LogP contribution in [-0.2, 0) is 4.79 Å². The van der Waals surface area contributed by atoms with Crippen molar-refractivity contribution in [1.29, 1.82) is 0 Å². The van der Waals surface area contributed by atoms with Gasteiger partial charge in [-0.05, 0) is 31.7 Å². The van der Waals surface area contributed by atoms with Crippen LogP contribution in [0.5, 0.6) is 0 Å². The molecule has 0 heterocycles. The lowest BCUT2D eigenvalue weighted by atomic mass is 9.94. The molecule has 22 heavy (non-hydrogen) atoms. The predicted octanol–water partition coefficient (Wildman–Crippen LogP) is 5.52. The van der Waals surface area contributed by atoms with E-state index >= 15 is 0 Å². The highest BCUT2D eigenvalue weighted by Gasteiger charge is 2.06. The Kier molecular flexibility index (Phi) is 16.4. The fourth-order valence-corrected chi connectivity index (χ4v) is 3.01. The summed E-state index contributed by atoms with van der Waals surface area (Å²) in [5, 5.41) is 8.56. The van der Waals surface area contributed by atoms with Gasteiger partial charge in [-0.15, -0.1) is 0 Å². The minimum Gasteiger partial charge on any atom is -0.481 e. The quantitative estimate of drug-likeness (QED) is 0.348. The van der Waals surface area contributed by atoms with E-state index in [1.807, 2.05) is 0 Å². The van der Waals surface area contributed by atoms with Gasteiger partial charge < -0.3 is 10.8 Å². The molecule has 3 N–H and O–H groups in total. The third kappa shape index (κ3) is 15.8. The lowest BCUT2D eigenvalue weighted by Crippen LogP contribution is -2.14. The summed E-state index contributed by atoms with van der Waals surface area (Å²) < 4.78 is 0. The predicted molar refractivity (Wildman–Crippen MR) is 95.1 cm³/mol. The maximum Gasteiger partial charge on any atom is 0.303 e. The molecule has 0 radical (unpaired) electrons. The molecule has 0 saturated carbocycles.